The average Bonchev–Trinajstić information content (AvgIpc) is 2.79. The summed E-state index contributed by atoms with van der Waals surface area (Å²) in [5, 5.41) is 11.6. The van der Waals surface area contributed by atoms with Gasteiger partial charge >= 0.3 is 13.6 Å². The first-order valence-electron chi connectivity index (χ1n) is 10.0. The van der Waals surface area contributed by atoms with Crippen LogP contribution >= 0.6 is 7.60 Å². The SMILES string of the molecule is O=C(O)c1ccc(NC(=O)[C@H](Cc2ccccc2)OP(=O)(O)CCc2ccccc2)cc1. The highest BCUT2D eigenvalue weighted by atomic mass is 31.2. The summed E-state index contributed by atoms with van der Waals surface area (Å²) in [6, 6.07) is 24.0. The van der Waals surface area contributed by atoms with Gasteiger partial charge in [0.25, 0.3) is 5.91 Å². The molecule has 0 saturated carbocycles. The van der Waals surface area contributed by atoms with Gasteiger partial charge in [-0.15, -0.1) is 0 Å². The van der Waals surface area contributed by atoms with Gasteiger partial charge in [-0.3, -0.25) is 13.9 Å². The molecular formula is C24H24NO6P. The molecule has 0 saturated heterocycles. The molecule has 0 fully saturated rings. The molecule has 2 atom stereocenters. The van der Waals surface area contributed by atoms with Crippen LogP contribution in [0.5, 0.6) is 0 Å². The first-order valence-corrected chi connectivity index (χ1v) is 11.8. The molecule has 166 valence electrons. The Labute approximate surface area is 186 Å². The molecule has 32 heavy (non-hydrogen) atoms. The number of anilines is 1. The first-order chi connectivity index (χ1) is 15.3. The zero-order valence-corrected chi connectivity index (χ0v) is 18.2. The van der Waals surface area contributed by atoms with E-state index in [1.54, 1.807) is 12.1 Å². The fourth-order valence-electron chi connectivity index (χ4n) is 3.09. The zero-order chi connectivity index (χ0) is 23.0. The summed E-state index contributed by atoms with van der Waals surface area (Å²) in [4.78, 5) is 34.3. The Morgan fingerprint density at radius 1 is 0.875 bits per heavy atom. The fraction of sp³-hybridized carbons (Fsp3) is 0.167. The van der Waals surface area contributed by atoms with Crippen molar-refractivity contribution in [2.45, 2.75) is 18.9 Å². The third-order valence-electron chi connectivity index (χ3n) is 4.77. The van der Waals surface area contributed by atoms with Gasteiger partial charge in [-0.1, -0.05) is 60.7 Å². The Kier molecular flexibility index (Phi) is 7.95. The van der Waals surface area contributed by atoms with E-state index in [2.05, 4.69) is 5.32 Å². The quantitative estimate of drug-likeness (QED) is 0.393. The van der Waals surface area contributed by atoms with Crippen LogP contribution in [0.25, 0.3) is 0 Å². The molecule has 3 aromatic rings. The van der Waals surface area contributed by atoms with Crippen molar-refractivity contribution in [2.24, 2.45) is 0 Å². The summed E-state index contributed by atoms with van der Waals surface area (Å²) in [7, 11) is -4.07. The monoisotopic (exact) mass is 453 g/mol. The Hall–Kier alpha value is -3.25. The van der Waals surface area contributed by atoms with Crippen molar-refractivity contribution in [1.29, 1.82) is 0 Å². The highest BCUT2D eigenvalue weighted by Crippen LogP contribution is 2.44. The molecular weight excluding hydrogens is 429 g/mol. The molecule has 1 amide bonds. The van der Waals surface area contributed by atoms with E-state index in [1.807, 2.05) is 48.5 Å². The molecule has 0 aromatic heterocycles. The van der Waals surface area contributed by atoms with E-state index in [0.29, 0.717) is 12.1 Å². The van der Waals surface area contributed by atoms with Crippen LogP contribution in [0.4, 0.5) is 5.69 Å². The number of aromatic carboxylic acids is 1. The van der Waals surface area contributed by atoms with Crippen molar-refractivity contribution >= 4 is 25.2 Å². The summed E-state index contributed by atoms with van der Waals surface area (Å²) in [5.74, 6) is -1.67. The van der Waals surface area contributed by atoms with Gasteiger partial charge in [-0.05, 0) is 41.8 Å². The van der Waals surface area contributed by atoms with Gasteiger partial charge < -0.3 is 15.3 Å². The van der Waals surface area contributed by atoms with E-state index in [-0.39, 0.29) is 18.1 Å². The van der Waals surface area contributed by atoms with Crippen LogP contribution in [-0.2, 0) is 26.7 Å². The van der Waals surface area contributed by atoms with E-state index in [0.717, 1.165) is 11.1 Å². The van der Waals surface area contributed by atoms with Crippen LogP contribution in [0, 0.1) is 0 Å². The van der Waals surface area contributed by atoms with E-state index in [9.17, 15) is 19.0 Å². The second kappa shape index (κ2) is 10.9. The van der Waals surface area contributed by atoms with Gasteiger partial charge in [-0.25, -0.2) is 4.79 Å². The molecule has 7 nitrogen and oxygen atoms in total. The van der Waals surface area contributed by atoms with E-state index < -0.39 is 25.6 Å². The third kappa shape index (κ3) is 7.17. The maximum Gasteiger partial charge on any atom is 0.335 e. The van der Waals surface area contributed by atoms with Gasteiger partial charge in [0.15, 0.2) is 0 Å². The number of amides is 1. The van der Waals surface area contributed by atoms with E-state index in [1.165, 1.54) is 24.3 Å². The molecule has 3 aromatic carbocycles. The van der Waals surface area contributed by atoms with Crippen molar-refractivity contribution < 1.29 is 28.7 Å². The van der Waals surface area contributed by atoms with Crippen LogP contribution in [0.1, 0.15) is 21.5 Å². The normalized spacial score (nSPS) is 13.7. The van der Waals surface area contributed by atoms with Crippen LogP contribution in [0.2, 0.25) is 0 Å². The topological polar surface area (TPSA) is 113 Å². The van der Waals surface area contributed by atoms with Gasteiger partial charge in [0, 0.05) is 12.1 Å². The first kappa shape index (κ1) is 23.4. The number of carboxylic acids is 1. The Bertz CT molecular complexity index is 1090. The number of benzene rings is 3. The van der Waals surface area contributed by atoms with Crippen LogP contribution in [-0.4, -0.2) is 34.1 Å². The minimum atomic E-state index is -4.07. The van der Waals surface area contributed by atoms with Crippen molar-refractivity contribution in [3.8, 4) is 0 Å². The number of rotatable bonds is 10. The van der Waals surface area contributed by atoms with Gasteiger partial charge in [-0.2, -0.15) is 0 Å². The Balaban J connectivity index is 1.72. The average molecular weight is 453 g/mol. The lowest BCUT2D eigenvalue weighted by Gasteiger charge is -2.21. The number of aryl methyl sites for hydroxylation is 1. The smallest absolute Gasteiger partial charge is 0.335 e. The molecule has 0 radical (unpaired) electrons. The molecule has 0 aliphatic heterocycles. The zero-order valence-electron chi connectivity index (χ0n) is 17.3. The van der Waals surface area contributed by atoms with E-state index in [4.69, 9.17) is 9.63 Å². The molecule has 3 rings (SSSR count). The maximum absolute atomic E-state index is 12.9. The molecule has 0 bridgehead atoms. The Morgan fingerprint density at radius 2 is 1.44 bits per heavy atom. The van der Waals surface area contributed by atoms with Gasteiger partial charge in [0.2, 0.25) is 0 Å². The maximum atomic E-state index is 12.9. The predicted molar refractivity (Wildman–Crippen MR) is 122 cm³/mol. The standard InChI is InChI=1S/C24H24NO6P/c26-23(25-21-13-11-20(12-14-21)24(27)28)22(17-19-9-5-2-6-10-19)31-32(29,30)16-15-18-7-3-1-4-8-18/h1-14,22H,15-17H2,(H,25,26)(H,27,28)(H,29,30)/t22-/m0/s1. The molecule has 8 heteroatoms. The van der Waals surface area contributed by atoms with E-state index >= 15 is 0 Å². The molecule has 0 aliphatic rings. The van der Waals surface area contributed by atoms with Crippen molar-refractivity contribution in [3.63, 3.8) is 0 Å². The summed E-state index contributed by atoms with van der Waals surface area (Å²) >= 11 is 0. The predicted octanol–water partition coefficient (Wildman–Crippen LogP) is 4.38. The molecule has 0 aliphatic carbocycles. The second-order valence-corrected chi connectivity index (χ2v) is 9.19. The largest absolute Gasteiger partial charge is 0.478 e. The van der Waals surface area contributed by atoms with Gasteiger partial charge in [0.05, 0.1) is 11.7 Å². The number of carboxylic acid groups (broad SMARTS) is 1. The van der Waals surface area contributed by atoms with Crippen LogP contribution in [0.15, 0.2) is 84.9 Å². The summed E-state index contributed by atoms with van der Waals surface area (Å²) in [5.41, 5.74) is 2.12. The molecule has 1 unspecified atom stereocenters. The molecule has 0 heterocycles. The minimum absolute atomic E-state index is 0.0841. The molecule has 0 spiro atoms. The summed E-state index contributed by atoms with van der Waals surface area (Å²) < 4.78 is 18.2. The number of carbonyl (C=O) groups excluding carboxylic acids is 1. The van der Waals surface area contributed by atoms with Crippen molar-refractivity contribution in [3.05, 3.63) is 102 Å². The highest BCUT2D eigenvalue weighted by molar-refractivity contribution is 7.52. The fourth-order valence-corrected chi connectivity index (χ4v) is 4.31. The lowest BCUT2D eigenvalue weighted by molar-refractivity contribution is -0.123. The van der Waals surface area contributed by atoms with Crippen LogP contribution < -0.4 is 5.32 Å². The summed E-state index contributed by atoms with van der Waals surface area (Å²) in [6.45, 7) is 0. The number of hydrogen-bond donors (Lipinski definition) is 3. The number of nitrogens with one attached hydrogen (secondary N) is 1. The van der Waals surface area contributed by atoms with Crippen molar-refractivity contribution in [2.75, 3.05) is 11.5 Å². The van der Waals surface area contributed by atoms with Gasteiger partial charge in [0.1, 0.15) is 6.10 Å². The van der Waals surface area contributed by atoms with Crippen molar-refractivity contribution in [1.82, 2.24) is 0 Å². The number of carbonyl (C=O) groups is 2. The highest BCUT2D eigenvalue weighted by Gasteiger charge is 2.30. The summed E-state index contributed by atoms with van der Waals surface area (Å²) in [6.07, 6.45) is -0.882. The second-order valence-electron chi connectivity index (χ2n) is 7.25. The van der Waals surface area contributed by atoms with Crippen LogP contribution in [0.3, 0.4) is 0 Å². The molecule has 3 N–H and O–H groups in total. The number of hydrogen-bond acceptors (Lipinski definition) is 4. The lowest BCUT2D eigenvalue weighted by Crippen LogP contribution is -2.32. The Morgan fingerprint density at radius 3 is 2.00 bits per heavy atom. The lowest BCUT2D eigenvalue weighted by atomic mass is 10.1. The third-order valence-corrected chi connectivity index (χ3v) is 6.15. The minimum Gasteiger partial charge on any atom is -0.478 e.